The maximum Gasteiger partial charge on any atom is 0.308 e. The van der Waals surface area contributed by atoms with E-state index < -0.39 is 44.7 Å². The highest BCUT2D eigenvalue weighted by atomic mass is 28.4. The van der Waals surface area contributed by atoms with Crippen LogP contribution < -0.4 is 61.3 Å². The Bertz CT molecular complexity index is 3970. The van der Waals surface area contributed by atoms with E-state index in [1.807, 2.05) is 6.07 Å². The van der Waals surface area contributed by atoms with Crippen LogP contribution in [0.15, 0.2) is 340 Å². The van der Waals surface area contributed by atoms with Gasteiger partial charge in [-0.25, -0.2) is 0 Å². The average Bonchev–Trinajstić information content (AvgIpc) is 1.37. The molecular weight excluding hydrogens is 1150 g/mol. The number of methoxy groups -OCH3 is 1. The van der Waals surface area contributed by atoms with Crippen LogP contribution in [0.25, 0.3) is 0 Å². The summed E-state index contributed by atoms with van der Waals surface area (Å²) < 4.78 is 30.3. The van der Waals surface area contributed by atoms with Gasteiger partial charge in [-0.05, 0) is 86.3 Å². The van der Waals surface area contributed by atoms with Crippen molar-refractivity contribution >= 4 is 91.1 Å². The Morgan fingerprint density at radius 2 is 0.539 bits per heavy atom. The number of hydrogen-bond donors (Lipinski definition) is 0. The van der Waals surface area contributed by atoms with Crippen LogP contribution in [0, 0.1) is 0 Å². The molecule has 0 aliphatic carbocycles. The van der Waals surface area contributed by atoms with E-state index in [1.54, 1.807) is 7.11 Å². The van der Waals surface area contributed by atoms with E-state index in [2.05, 4.69) is 347 Å². The third-order valence-electron chi connectivity index (χ3n) is 17.6. The predicted octanol–water partition coefficient (Wildman–Crippen LogP) is 11.0. The van der Waals surface area contributed by atoms with Crippen molar-refractivity contribution in [2.45, 2.75) is 38.3 Å². The van der Waals surface area contributed by atoms with E-state index in [4.69, 9.17) is 17.7 Å². The summed E-state index contributed by atoms with van der Waals surface area (Å²) >= 11 is 0. The lowest BCUT2D eigenvalue weighted by Crippen LogP contribution is -2.78. The van der Waals surface area contributed by atoms with Gasteiger partial charge < -0.3 is 17.7 Å². The molecule has 0 spiro atoms. The molecule has 438 valence electrons. The number of carbonyl (C=O) groups excluding carboxylic acids is 1. The Morgan fingerprint density at radius 1 is 0.315 bits per heavy atom. The van der Waals surface area contributed by atoms with Crippen LogP contribution >= 0.6 is 0 Å². The summed E-state index contributed by atoms with van der Waals surface area (Å²) in [5.41, 5.74) is 3.45. The first-order valence-electron chi connectivity index (χ1n) is 30.5. The zero-order valence-corrected chi connectivity index (χ0v) is 54.8. The lowest BCUT2D eigenvalue weighted by atomic mass is 9.77. The van der Waals surface area contributed by atoms with Crippen LogP contribution in [0.3, 0.4) is 0 Å². The average molecular weight is 1230 g/mol. The molecule has 0 radical (unpaired) electrons. The van der Waals surface area contributed by atoms with Crippen molar-refractivity contribution in [3.05, 3.63) is 362 Å². The summed E-state index contributed by atoms with van der Waals surface area (Å²) in [5, 5.41) is 11.4. The molecule has 9 heteroatoms. The van der Waals surface area contributed by atoms with Gasteiger partial charge in [0.2, 0.25) is 16.6 Å². The van der Waals surface area contributed by atoms with E-state index in [0.29, 0.717) is 17.8 Å². The number of esters is 1. The van der Waals surface area contributed by atoms with E-state index in [0.717, 1.165) is 64.3 Å². The minimum absolute atomic E-state index is 0.391. The Labute approximate surface area is 529 Å². The summed E-state index contributed by atoms with van der Waals surface area (Å²) in [7, 11) is -12.1. The minimum Gasteiger partial charge on any atom is -0.496 e. The number of benzene rings is 12. The number of carbonyl (C=O) groups is 1. The van der Waals surface area contributed by atoms with Gasteiger partial charge in [0, 0.05) is 24.4 Å². The largest absolute Gasteiger partial charge is 0.496 e. The molecule has 12 rings (SSSR count). The molecule has 0 N–H and O–H groups in total. The summed E-state index contributed by atoms with van der Waals surface area (Å²) in [6, 6.07) is 123. The standard InChI is InChI=1S/C80H72O5Si4/c1-63(81)83-79-58-56-67(60-65(79)62-87(70-39-19-7-20-40-70,71-41-21-8-22-42-71)85-89(75-49-29-12-30-50-75,76-51-31-13-32-52-76)77-53-33-14-34-54-77)80(2,3)66-55-57-78(82-4)64(59-66)61-86(68-35-15-5-16-36-68,69-37-17-6-18-38-69)84-88(72-43-23-9-24-44-72,73-45-25-10-26-46-73)74-47-27-11-28-48-74/h5-60H,61-62H2,1-4H3. The molecule has 0 aromatic heterocycles. The topological polar surface area (TPSA) is 54.0 Å². The van der Waals surface area contributed by atoms with Gasteiger partial charge in [0.15, 0.2) is 0 Å². The molecule has 12 aromatic carbocycles. The fourth-order valence-electron chi connectivity index (χ4n) is 13.2. The first-order valence-corrected chi connectivity index (χ1v) is 38.6. The first kappa shape index (κ1) is 60.0. The van der Waals surface area contributed by atoms with Crippen molar-refractivity contribution in [3.8, 4) is 11.5 Å². The van der Waals surface area contributed by atoms with Gasteiger partial charge in [-0.1, -0.05) is 341 Å². The molecule has 5 nitrogen and oxygen atoms in total. The maximum atomic E-state index is 13.5. The third kappa shape index (κ3) is 12.0. The van der Waals surface area contributed by atoms with Crippen LogP contribution in [0.1, 0.15) is 43.0 Å². The summed E-state index contributed by atoms with van der Waals surface area (Å²) in [4.78, 5) is 13.5. The van der Waals surface area contributed by atoms with Crippen LogP contribution in [0.5, 0.6) is 11.5 Å². The first-order chi connectivity index (χ1) is 43.6. The molecule has 0 unspecified atom stereocenters. The second-order valence-electron chi connectivity index (χ2n) is 23.3. The van der Waals surface area contributed by atoms with Crippen molar-refractivity contribution in [1.29, 1.82) is 0 Å². The molecular formula is C80H72O5Si4. The number of hydrogen-bond acceptors (Lipinski definition) is 5. The smallest absolute Gasteiger partial charge is 0.308 e. The maximum absolute atomic E-state index is 13.5. The van der Waals surface area contributed by atoms with Gasteiger partial charge in [-0.15, -0.1) is 0 Å². The molecule has 0 aliphatic rings. The van der Waals surface area contributed by atoms with E-state index in [1.165, 1.54) is 22.5 Å². The molecule has 0 bridgehead atoms. The highest BCUT2D eigenvalue weighted by Gasteiger charge is 2.54. The normalized spacial score (nSPS) is 12.0. The molecule has 0 aliphatic heterocycles. The zero-order valence-electron chi connectivity index (χ0n) is 50.8. The zero-order chi connectivity index (χ0) is 61.2. The molecule has 0 amide bonds. The Kier molecular flexibility index (Phi) is 17.9. The highest BCUT2D eigenvalue weighted by Crippen LogP contribution is 2.39. The van der Waals surface area contributed by atoms with Gasteiger partial charge in [-0.3, -0.25) is 4.79 Å². The summed E-state index contributed by atoms with van der Waals surface area (Å²) in [6.45, 7) is 6.08. The molecule has 89 heavy (non-hydrogen) atoms. The molecule has 0 fully saturated rings. The van der Waals surface area contributed by atoms with Crippen molar-refractivity contribution in [1.82, 2.24) is 0 Å². The Morgan fingerprint density at radius 3 is 0.775 bits per heavy atom. The molecule has 0 saturated carbocycles. The van der Waals surface area contributed by atoms with Crippen LogP contribution in [0.2, 0.25) is 0 Å². The molecule has 0 atom stereocenters. The third-order valence-corrected chi connectivity index (χ3v) is 36.6. The lowest BCUT2D eigenvalue weighted by molar-refractivity contribution is -0.131. The predicted molar refractivity (Wildman–Crippen MR) is 376 cm³/mol. The van der Waals surface area contributed by atoms with Gasteiger partial charge in [0.25, 0.3) is 16.6 Å². The van der Waals surface area contributed by atoms with Gasteiger partial charge >= 0.3 is 5.97 Å². The van der Waals surface area contributed by atoms with Crippen molar-refractivity contribution in [2.75, 3.05) is 7.11 Å². The molecule has 0 saturated heterocycles. The van der Waals surface area contributed by atoms with Gasteiger partial charge in [0.05, 0.1) is 7.11 Å². The van der Waals surface area contributed by atoms with Crippen LogP contribution in [-0.2, 0) is 30.5 Å². The SMILES string of the molecule is COc1ccc(C(C)(C)c2ccc(OC(C)=O)c(C[Si](O[Si](c3ccccc3)(c3ccccc3)c3ccccc3)(c3ccccc3)c3ccccc3)c2)cc1C[Si](O[Si](c1ccccc1)(c1ccccc1)c1ccccc1)(c1ccccc1)c1ccccc1. The number of rotatable bonds is 22. The minimum atomic E-state index is -3.57. The summed E-state index contributed by atoms with van der Waals surface area (Å²) in [6.07, 6.45) is 0. The molecule has 0 heterocycles. The molecule has 12 aromatic rings. The second-order valence-corrected chi connectivity index (χ2v) is 37.4. The quantitative estimate of drug-likeness (QED) is 0.0293. The van der Waals surface area contributed by atoms with Crippen molar-refractivity contribution in [2.24, 2.45) is 0 Å². The van der Waals surface area contributed by atoms with Gasteiger partial charge in [-0.2, -0.15) is 0 Å². The van der Waals surface area contributed by atoms with E-state index >= 15 is 0 Å². The highest BCUT2D eigenvalue weighted by molar-refractivity contribution is 7.15. The fourth-order valence-corrected chi connectivity index (χ4v) is 34.6. The monoisotopic (exact) mass is 1220 g/mol. The van der Waals surface area contributed by atoms with Crippen LogP contribution in [0.4, 0.5) is 0 Å². The number of ether oxygens (including phenoxy) is 2. The van der Waals surface area contributed by atoms with Crippen LogP contribution in [-0.4, -0.2) is 46.3 Å². The van der Waals surface area contributed by atoms with E-state index in [-0.39, 0.29) is 0 Å². The second kappa shape index (κ2) is 26.6. The van der Waals surface area contributed by atoms with E-state index in [9.17, 15) is 4.79 Å². The lowest BCUT2D eigenvalue weighted by Gasteiger charge is -2.44. The Hall–Kier alpha value is -9.30. The fraction of sp³-hybridized carbons (Fsp3) is 0.0875. The Balaban J connectivity index is 1.05. The van der Waals surface area contributed by atoms with Crippen molar-refractivity contribution in [3.63, 3.8) is 0 Å². The van der Waals surface area contributed by atoms with Crippen molar-refractivity contribution < 1.29 is 22.5 Å². The van der Waals surface area contributed by atoms with Gasteiger partial charge in [0.1, 0.15) is 11.5 Å². The summed E-state index contributed by atoms with van der Waals surface area (Å²) in [5.74, 6) is 0.904.